The van der Waals surface area contributed by atoms with E-state index in [9.17, 15) is 23.7 Å². The molecule has 2 aromatic carbocycles. The lowest BCUT2D eigenvalue weighted by atomic mass is 10.1. The van der Waals surface area contributed by atoms with Gasteiger partial charge in [-0.3, -0.25) is 4.72 Å². The lowest BCUT2D eigenvalue weighted by molar-refractivity contribution is 0.133. The van der Waals surface area contributed by atoms with Crippen molar-refractivity contribution in [3.63, 3.8) is 0 Å². The van der Waals surface area contributed by atoms with E-state index in [-0.39, 0.29) is 12.4 Å². The van der Waals surface area contributed by atoms with Gasteiger partial charge in [0.2, 0.25) is 10.0 Å². The fraction of sp³-hybridized carbons (Fsp3) is 0.500. The predicted molar refractivity (Wildman–Crippen MR) is 130 cm³/mol. The van der Waals surface area contributed by atoms with Crippen molar-refractivity contribution in [1.82, 2.24) is 5.32 Å². The van der Waals surface area contributed by atoms with Gasteiger partial charge in [0, 0.05) is 24.4 Å². The molecule has 0 spiro atoms. The van der Waals surface area contributed by atoms with Gasteiger partial charge in [0.05, 0.1) is 25.6 Å². The van der Waals surface area contributed by atoms with Gasteiger partial charge in [-0.1, -0.05) is 31.0 Å². The van der Waals surface area contributed by atoms with E-state index in [1.807, 2.05) is 12.1 Å². The van der Waals surface area contributed by atoms with Crippen molar-refractivity contribution in [3.8, 4) is 5.75 Å². The average molecular weight is 481 g/mol. The number of aromatic hydroxyl groups is 1. The molecule has 0 saturated carbocycles. The first-order valence-corrected chi connectivity index (χ1v) is 13.1. The van der Waals surface area contributed by atoms with Gasteiger partial charge in [0.1, 0.15) is 5.75 Å². The van der Waals surface area contributed by atoms with E-state index < -0.39 is 16.1 Å². The second-order valence-corrected chi connectivity index (χ2v) is 9.86. The molecule has 5 N–H and O–H groups in total. The first kappa shape index (κ1) is 27.1. The highest BCUT2D eigenvalue weighted by molar-refractivity contribution is 7.92. The zero-order valence-corrected chi connectivity index (χ0v) is 20.0. The van der Waals surface area contributed by atoms with E-state index in [1.54, 1.807) is 24.3 Å². The maximum Gasteiger partial charge on any atom is 0.229 e. The summed E-state index contributed by atoms with van der Waals surface area (Å²) in [6.07, 6.45) is 5.39. The van der Waals surface area contributed by atoms with Crippen molar-refractivity contribution >= 4 is 15.7 Å². The summed E-state index contributed by atoms with van der Waals surface area (Å²) in [5.74, 6) is 0.0310. The largest absolute Gasteiger partial charge is 0.508 e. The van der Waals surface area contributed by atoms with E-state index >= 15 is 0 Å². The van der Waals surface area contributed by atoms with Crippen molar-refractivity contribution in [1.29, 1.82) is 0 Å². The Morgan fingerprint density at radius 2 is 1.73 bits per heavy atom. The maximum absolute atomic E-state index is 11.2. The number of benzene rings is 2. The molecule has 0 aromatic heterocycles. The molecule has 184 valence electrons. The Morgan fingerprint density at radius 3 is 2.42 bits per heavy atom. The molecule has 8 nitrogen and oxygen atoms in total. The van der Waals surface area contributed by atoms with Crippen LogP contribution in [0.2, 0.25) is 0 Å². The van der Waals surface area contributed by atoms with E-state index in [2.05, 4.69) is 10.0 Å². The summed E-state index contributed by atoms with van der Waals surface area (Å²) in [7, 11) is -3.25. The molecule has 9 heteroatoms. The van der Waals surface area contributed by atoms with Crippen LogP contribution in [-0.4, -0.2) is 56.3 Å². The Morgan fingerprint density at radius 1 is 1.00 bits per heavy atom. The van der Waals surface area contributed by atoms with Crippen molar-refractivity contribution < 1.29 is 28.5 Å². The standard InChI is InChI=1S/C24H36N2O6S/c1-33(30,31)26-22-9-6-19(7-10-22)12-15-32-14-5-3-2-4-13-25-17-24(29)20-8-11-23(28)21(16-20)18-27/h6-11,16,24-29H,2-5,12-15,17-18H2,1H3. The van der Waals surface area contributed by atoms with Crippen molar-refractivity contribution in [3.05, 3.63) is 59.2 Å². The number of phenols is 1. The molecule has 0 radical (unpaired) electrons. The van der Waals surface area contributed by atoms with Crippen molar-refractivity contribution in [2.75, 3.05) is 37.3 Å². The first-order valence-electron chi connectivity index (χ1n) is 11.2. The van der Waals surface area contributed by atoms with E-state index in [0.29, 0.717) is 36.6 Å². The second kappa shape index (κ2) is 14.2. The summed E-state index contributed by atoms with van der Waals surface area (Å²) in [5, 5.41) is 32.2. The Bertz CT molecular complexity index is 934. The summed E-state index contributed by atoms with van der Waals surface area (Å²) in [6.45, 7) is 2.32. The van der Waals surface area contributed by atoms with E-state index in [4.69, 9.17) is 4.74 Å². The SMILES string of the molecule is CS(=O)(=O)Nc1ccc(CCOCCCCCCNCC(O)c2ccc(O)c(CO)c2)cc1. The molecule has 2 aromatic rings. The number of hydrogen-bond donors (Lipinski definition) is 5. The Labute approximate surface area is 196 Å². The summed E-state index contributed by atoms with van der Waals surface area (Å²) >= 11 is 0. The Kier molecular flexibility index (Phi) is 11.6. The van der Waals surface area contributed by atoms with Crippen LogP contribution in [0.5, 0.6) is 5.75 Å². The summed E-state index contributed by atoms with van der Waals surface area (Å²) in [4.78, 5) is 0. The van der Waals surface area contributed by atoms with E-state index in [0.717, 1.165) is 50.5 Å². The molecule has 0 amide bonds. The second-order valence-electron chi connectivity index (χ2n) is 8.11. The van der Waals surface area contributed by atoms with Crippen LogP contribution >= 0.6 is 0 Å². The van der Waals surface area contributed by atoms with Gasteiger partial charge < -0.3 is 25.4 Å². The molecule has 1 unspecified atom stereocenters. The van der Waals surface area contributed by atoms with Crippen LogP contribution < -0.4 is 10.0 Å². The van der Waals surface area contributed by atoms with Gasteiger partial charge in [-0.05, 0) is 61.2 Å². The molecule has 0 heterocycles. The van der Waals surface area contributed by atoms with Gasteiger partial charge in [-0.2, -0.15) is 0 Å². The van der Waals surface area contributed by atoms with Crippen LogP contribution in [0.3, 0.4) is 0 Å². The number of hydrogen-bond acceptors (Lipinski definition) is 7. The van der Waals surface area contributed by atoms with Crippen LogP contribution in [0, 0.1) is 0 Å². The highest BCUT2D eigenvalue weighted by atomic mass is 32.2. The lowest BCUT2D eigenvalue weighted by Gasteiger charge is -2.14. The summed E-state index contributed by atoms with van der Waals surface area (Å²) in [6, 6.07) is 12.1. The summed E-state index contributed by atoms with van der Waals surface area (Å²) in [5.41, 5.74) is 2.74. The molecule has 0 aliphatic carbocycles. The monoisotopic (exact) mass is 480 g/mol. The molecule has 0 aliphatic heterocycles. The van der Waals surface area contributed by atoms with E-state index in [1.165, 1.54) is 6.07 Å². The van der Waals surface area contributed by atoms with Gasteiger partial charge in [0.25, 0.3) is 0 Å². The number of anilines is 1. The van der Waals surface area contributed by atoms with Crippen molar-refractivity contribution in [2.24, 2.45) is 0 Å². The highest BCUT2D eigenvalue weighted by Crippen LogP contribution is 2.22. The summed E-state index contributed by atoms with van der Waals surface area (Å²) < 4.78 is 30.5. The van der Waals surface area contributed by atoms with Crippen LogP contribution in [-0.2, 0) is 27.8 Å². The topological polar surface area (TPSA) is 128 Å². The number of aliphatic hydroxyl groups is 2. The Hall–Kier alpha value is -2.17. The average Bonchev–Trinajstić information content (AvgIpc) is 2.77. The predicted octanol–water partition coefficient (Wildman–Crippen LogP) is 2.70. The van der Waals surface area contributed by atoms with Gasteiger partial charge in [0.15, 0.2) is 0 Å². The zero-order valence-electron chi connectivity index (χ0n) is 19.2. The molecule has 33 heavy (non-hydrogen) atoms. The van der Waals surface area contributed by atoms with Gasteiger partial charge in [-0.25, -0.2) is 8.42 Å². The van der Waals surface area contributed by atoms with Crippen LogP contribution in [0.1, 0.15) is 48.5 Å². The number of ether oxygens (including phenoxy) is 1. The number of unbranched alkanes of at least 4 members (excludes halogenated alkanes) is 3. The molecular weight excluding hydrogens is 444 g/mol. The molecule has 0 bridgehead atoms. The maximum atomic E-state index is 11.2. The number of rotatable bonds is 16. The highest BCUT2D eigenvalue weighted by Gasteiger charge is 2.10. The molecular formula is C24H36N2O6S. The van der Waals surface area contributed by atoms with Gasteiger partial charge in [-0.15, -0.1) is 0 Å². The number of aliphatic hydroxyl groups excluding tert-OH is 2. The molecule has 0 saturated heterocycles. The molecule has 0 fully saturated rings. The third kappa shape index (κ3) is 11.0. The normalized spacial score (nSPS) is 12.6. The number of nitrogens with one attached hydrogen (secondary N) is 2. The lowest BCUT2D eigenvalue weighted by Crippen LogP contribution is -2.22. The molecule has 0 aliphatic rings. The minimum Gasteiger partial charge on any atom is -0.508 e. The zero-order chi connectivity index (χ0) is 24.1. The fourth-order valence-corrected chi connectivity index (χ4v) is 3.91. The van der Waals surface area contributed by atoms with Crippen molar-refractivity contribution in [2.45, 2.75) is 44.8 Å². The minimum atomic E-state index is -3.25. The third-order valence-electron chi connectivity index (χ3n) is 5.18. The Balaban J connectivity index is 1.46. The van der Waals surface area contributed by atoms with Crippen LogP contribution in [0.25, 0.3) is 0 Å². The third-order valence-corrected chi connectivity index (χ3v) is 5.79. The smallest absolute Gasteiger partial charge is 0.229 e. The molecule has 1 atom stereocenters. The van der Waals surface area contributed by atoms with Gasteiger partial charge >= 0.3 is 0 Å². The fourth-order valence-electron chi connectivity index (χ4n) is 3.35. The molecule has 2 rings (SSSR count). The quantitative estimate of drug-likeness (QED) is 0.234. The van der Waals surface area contributed by atoms with Crippen LogP contribution in [0.15, 0.2) is 42.5 Å². The first-order chi connectivity index (χ1) is 15.8. The number of sulfonamides is 1. The minimum absolute atomic E-state index is 0.0310. The van der Waals surface area contributed by atoms with Crippen LogP contribution in [0.4, 0.5) is 5.69 Å².